The van der Waals surface area contributed by atoms with Gasteiger partial charge in [0.25, 0.3) is 0 Å². The van der Waals surface area contributed by atoms with Gasteiger partial charge in [0, 0.05) is 20.1 Å². The Bertz CT molecular complexity index is 903. The summed E-state index contributed by atoms with van der Waals surface area (Å²) in [6.45, 7) is 1.52. The number of aromatic nitrogens is 2. The van der Waals surface area contributed by atoms with Crippen molar-refractivity contribution in [2.24, 2.45) is 7.05 Å². The predicted molar refractivity (Wildman–Crippen MR) is 97.0 cm³/mol. The summed E-state index contributed by atoms with van der Waals surface area (Å²) in [7, 11) is 2.00. The van der Waals surface area contributed by atoms with Crippen molar-refractivity contribution in [1.29, 1.82) is 0 Å². The van der Waals surface area contributed by atoms with E-state index in [1.165, 1.54) is 22.9 Å². The minimum absolute atomic E-state index is 0.182. The van der Waals surface area contributed by atoms with Crippen LogP contribution in [0.1, 0.15) is 11.1 Å². The summed E-state index contributed by atoms with van der Waals surface area (Å²) in [4.78, 5) is 19.2. The minimum atomic E-state index is 0.182. The molecule has 1 aliphatic heterocycles. The van der Waals surface area contributed by atoms with Gasteiger partial charge in [0.15, 0.2) is 5.16 Å². The van der Waals surface area contributed by atoms with Crippen molar-refractivity contribution in [3.63, 3.8) is 0 Å². The van der Waals surface area contributed by atoms with Crippen molar-refractivity contribution in [3.05, 3.63) is 59.7 Å². The van der Waals surface area contributed by atoms with E-state index in [1.54, 1.807) is 0 Å². The van der Waals surface area contributed by atoms with Crippen LogP contribution in [0.4, 0.5) is 0 Å². The maximum Gasteiger partial charge on any atom is 0.233 e. The molecule has 0 aliphatic carbocycles. The molecule has 0 radical (unpaired) electrons. The van der Waals surface area contributed by atoms with Crippen LogP contribution in [0.5, 0.6) is 0 Å². The number of carbonyl (C=O) groups excluding carboxylic acids is 1. The molecule has 1 aromatic heterocycles. The zero-order valence-electron chi connectivity index (χ0n) is 13.6. The Morgan fingerprint density at radius 2 is 1.88 bits per heavy atom. The van der Waals surface area contributed by atoms with Gasteiger partial charge in [-0.05, 0) is 29.7 Å². The third-order valence-electron chi connectivity index (χ3n) is 4.55. The van der Waals surface area contributed by atoms with Crippen LogP contribution in [0.25, 0.3) is 11.0 Å². The van der Waals surface area contributed by atoms with Crippen molar-refractivity contribution < 1.29 is 4.79 Å². The number of benzene rings is 2. The molecule has 1 amide bonds. The summed E-state index contributed by atoms with van der Waals surface area (Å²) < 4.78 is 2.05. The molecular weight excluding hydrogens is 318 g/mol. The maximum absolute atomic E-state index is 12.6. The first-order valence-corrected chi connectivity index (χ1v) is 9.10. The van der Waals surface area contributed by atoms with Crippen molar-refractivity contribution in [1.82, 2.24) is 14.5 Å². The average molecular weight is 337 g/mol. The number of fused-ring (bicyclic) bond motifs is 2. The van der Waals surface area contributed by atoms with Crippen LogP contribution < -0.4 is 0 Å². The van der Waals surface area contributed by atoms with Crippen molar-refractivity contribution in [3.8, 4) is 0 Å². The molecule has 0 bridgehead atoms. The molecule has 0 fully saturated rings. The molecule has 0 spiro atoms. The molecule has 0 saturated heterocycles. The van der Waals surface area contributed by atoms with Gasteiger partial charge in [0.2, 0.25) is 5.91 Å². The van der Waals surface area contributed by atoms with E-state index < -0.39 is 0 Å². The van der Waals surface area contributed by atoms with E-state index in [2.05, 4.69) is 33.8 Å². The molecule has 0 atom stereocenters. The largest absolute Gasteiger partial charge is 0.337 e. The first-order chi connectivity index (χ1) is 11.7. The van der Waals surface area contributed by atoms with Crippen LogP contribution in [0, 0.1) is 0 Å². The summed E-state index contributed by atoms with van der Waals surface area (Å²) in [6, 6.07) is 16.4. The van der Waals surface area contributed by atoms with Gasteiger partial charge in [-0.1, -0.05) is 48.2 Å². The molecule has 5 heteroatoms. The maximum atomic E-state index is 12.6. The van der Waals surface area contributed by atoms with Crippen LogP contribution in [-0.2, 0) is 24.8 Å². The van der Waals surface area contributed by atoms with E-state index in [4.69, 9.17) is 0 Å². The summed E-state index contributed by atoms with van der Waals surface area (Å²) in [5.41, 5.74) is 4.70. The SMILES string of the molecule is Cn1c(SCC(=O)N2CCc3ccccc3C2)nc2ccccc21. The van der Waals surface area contributed by atoms with Crippen LogP contribution in [-0.4, -0.2) is 32.7 Å². The van der Waals surface area contributed by atoms with E-state index in [1.807, 2.05) is 36.2 Å². The first-order valence-electron chi connectivity index (χ1n) is 8.11. The van der Waals surface area contributed by atoms with Crippen molar-refractivity contribution in [2.45, 2.75) is 18.1 Å². The molecule has 24 heavy (non-hydrogen) atoms. The number of rotatable bonds is 3. The number of thioether (sulfide) groups is 1. The summed E-state index contributed by atoms with van der Waals surface area (Å²) in [5.74, 6) is 0.612. The fraction of sp³-hybridized carbons (Fsp3) is 0.263. The molecular formula is C19H19N3OS. The molecule has 122 valence electrons. The van der Waals surface area contributed by atoms with Crippen molar-refractivity contribution in [2.75, 3.05) is 12.3 Å². The van der Waals surface area contributed by atoms with Gasteiger partial charge >= 0.3 is 0 Å². The van der Waals surface area contributed by atoms with E-state index in [-0.39, 0.29) is 5.91 Å². The second-order valence-corrected chi connectivity index (χ2v) is 7.01. The highest BCUT2D eigenvalue weighted by atomic mass is 32.2. The third kappa shape index (κ3) is 2.80. The fourth-order valence-electron chi connectivity index (χ4n) is 3.18. The lowest BCUT2D eigenvalue weighted by Gasteiger charge is -2.28. The number of hydrogen-bond acceptors (Lipinski definition) is 3. The predicted octanol–water partition coefficient (Wildman–Crippen LogP) is 3.25. The molecule has 4 nitrogen and oxygen atoms in total. The van der Waals surface area contributed by atoms with Crippen LogP contribution in [0.3, 0.4) is 0 Å². The smallest absolute Gasteiger partial charge is 0.233 e. The zero-order valence-corrected chi connectivity index (χ0v) is 14.4. The molecule has 4 rings (SSSR count). The highest BCUT2D eigenvalue weighted by molar-refractivity contribution is 7.99. The molecule has 0 unspecified atom stereocenters. The lowest BCUT2D eigenvalue weighted by atomic mass is 10.00. The fourth-order valence-corrected chi connectivity index (χ4v) is 4.07. The minimum Gasteiger partial charge on any atom is -0.337 e. The summed E-state index contributed by atoms with van der Waals surface area (Å²) in [6.07, 6.45) is 0.943. The lowest BCUT2D eigenvalue weighted by Crippen LogP contribution is -2.37. The standard InChI is InChI=1S/C19H19N3OS/c1-21-17-9-5-4-8-16(17)20-19(21)24-13-18(23)22-11-10-14-6-2-3-7-15(14)12-22/h2-9H,10-13H2,1H3. The number of amides is 1. The number of imidazole rings is 1. The first kappa shape index (κ1) is 15.3. The van der Waals surface area contributed by atoms with Crippen LogP contribution in [0.2, 0.25) is 0 Å². The van der Waals surface area contributed by atoms with Gasteiger partial charge in [0.1, 0.15) is 0 Å². The van der Waals surface area contributed by atoms with Crippen LogP contribution in [0.15, 0.2) is 53.7 Å². The Morgan fingerprint density at radius 3 is 2.71 bits per heavy atom. The summed E-state index contributed by atoms with van der Waals surface area (Å²) >= 11 is 1.52. The van der Waals surface area contributed by atoms with Gasteiger partial charge in [0.05, 0.1) is 16.8 Å². The molecule has 0 N–H and O–H groups in total. The van der Waals surface area contributed by atoms with Crippen molar-refractivity contribution >= 4 is 28.7 Å². The number of carbonyl (C=O) groups is 1. The topological polar surface area (TPSA) is 38.1 Å². The number of aryl methyl sites for hydroxylation is 1. The van der Waals surface area contributed by atoms with Gasteiger partial charge in [-0.15, -0.1) is 0 Å². The Balaban J connectivity index is 1.44. The van der Waals surface area contributed by atoms with E-state index in [0.29, 0.717) is 5.75 Å². The van der Waals surface area contributed by atoms with Gasteiger partial charge in [-0.3, -0.25) is 4.79 Å². The lowest BCUT2D eigenvalue weighted by molar-refractivity contribution is -0.129. The second-order valence-electron chi connectivity index (χ2n) is 6.06. The number of para-hydroxylation sites is 2. The van der Waals surface area contributed by atoms with E-state index in [9.17, 15) is 4.79 Å². The Labute approximate surface area is 145 Å². The molecule has 2 heterocycles. The summed E-state index contributed by atoms with van der Waals surface area (Å²) in [5, 5.41) is 0.891. The van der Waals surface area contributed by atoms with E-state index >= 15 is 0 Å². The third-order valence-corrected chi connectivity index (χ3v) is 5.57. The number of nitrogens with zero attached hydrogens (tertiary/aromatic N) is 3. The highest BCUT2D eigenvalue weighted by Crippen LogP contribution is 2.24. The average Bonchev–Trinajstić information content (AvgIpc) is 2.95. The Morgan fingerprint density at radius 1 is 1.12 bits per heavy atom. The Kier molecular flexibility index (Phi) is 4.02. The van der Waals surface area contributed by atoms with Gasteiger partial charge < -0.3 is 9.47 Å². The normalized spacial score (nSPS) is 14.0. The second kappa shape index (κ2) is 6.32. The monoisotopic (exact) mass is 337 g/mol. The molecule has 3 aromatic rings. The zero-order chi connectivity index (χ0) is 16.5. The Hall–Kier alpha value is -2.27. The quantitative estimate of drug-likeness (QED) is 0.689. The highest BCUT2D eigenvalue weighted by Gasteiger charge is 2.21. The number of hydrogen-bond donors (Lipinski definition) is 0. The van der Waals surface area contributed by atoms with E-state index in [0.717, 1.165) is 35.7 Å². The molecule has 1 aliphatic rings. The molecule has 2 aromatic carbocycles. The van der Waals surface area contributed by atoms with Crippen LogP contribution >= 0.6 is 11.8 Å². The molecule has 0 saturated carbocycles. The van der Waals surface area contributed by atoms with Gasteiger partial charge in [-0.25, -0.2) is 4.98 Å². The van der Waals surface area contributed by atoms with Gasteiger partial charge in [-0.2, -0.15) is 0 Å².